The van der Waals surface area contributed by atoms with E-state index in [9.17, 15) is 22.4 Å². The Labute approximate surface area is 113 Å². The molecule has 1 aromatic carbocycles. The molecule has 0 spiro atoms. The molecule has 0 unspecified atom stereocenters. The normalized spacial score (nSPS) is 10.6. The van der Waals surface area contributed by atoms with Gasteiger partial charge in [-0.25, -0.2) is 18.6 Å². The minimum atomic E-state index is -1.67. The van der Waals surface area contributed by atoms with Crippen LogP contribution in [0.25, 0.3) is 0 Å². The fourth-order valence-electron chi connectivity index (χ4n) is 1.30. The first kappa shape index (κ1) is 14.3. The number of nitrogens with zero attached hydrogens (tertiary/aromatic N) is 1. The van der Waals surface area contributed by atoms with Gasteiger partial charge in [-0.2, -0.15) is 8.78 Å². The maximum Gasteiger partial charge on any atom is 0.365 e. The van der Waals surface area contributed by atoms with Crippen LogP contribution in [0.1, 0.15) is 15.5 Å². The second-order valence-electron chi connectivity index (χ2n) is 3.54. The summed E-state index contributed by atoms with van der Waals surface area (Å²) in [6.07, 6.45) is 0. The van der Waals surface area contributed by atoms with Crippen LogP contribution < -0.4 is 4.74 Å². The van der Waals surface area contributed by atoms with E-state index >= 15 is 0 Å². The van der Waals surface area contributed by atoms with E-state index in [0.29, 0.717) is 0 Å². The van der Waals surface area contributed by atoms with Crippen molar-refractivity contribution in [2.75, 3.05) is 0 Å². The smallest absolute Gasteiger partial charge is 0.365 e. The highest BCUT2D eigenvalue weighted by molar-refractivity contribution is 7.11. The summed E-state index contributed by atoms with van der Waals surface area (Å²) in [7, 11) is 0. The van der Waals surface area contributed by atoms with Crippen molar-refractivity contribution in [3.8, 4) is 5.75 Å². The summed E-state index contributed by atoms with van der Waals surface area (Å²) in [4.78, 5) is 14.2. The molecule has 1 aromatic heterocycles. The van der Waals surface area contributed by atoms with Gasteiger partial charge in [0.15, 0.2) is 17.4 Å². The average molecular weight is 307 g/mol. The molecule has 0 aliphatic rings. The van der Waals surface area contributed by atoms with Crippen LogP contribution in [0.5, 0.6) is 5.75 Å². The molecule has 0 saturated heterocycles. The van der Waals surface area contributed by atoms with Crippen LogP contribution >= 0.6 is 11.3 Å². The molecule has 2 rings (SSSR count). The Morgan fingerprint density at radius 3 is 2.35 bits per heavy atom. The van der Waals surface area contributed by atoms with Gasteiger partial charge in [-0.05, 0) is 0 Å². The number of aromatic carboxylic acids is 1. The maximum absolute atomic E-state index is 13.3. The van der Waals surface area contributed by atoms with Crippen molar-refractivity contribution in [3.63, 3.8) is 0 Å². The fourth-order valence-corrected chi connectivity index (χ4v) is 1.93. The summed E-state index contributed by atoms with van der Waals surface area (Å²) in [5.74, 6) is -9.01. The third kappa shape index (κ3) is 2.72. The highest BCUT2D eigenvalue weighted by Crippen LogP contribution is 2.27. The highest BCUT2D eigenvalue weighted by atomic mass is 32.1. The predicted molar refractivity (Wildman–Crippen MR) is 59.7 cm³/mol. The Morgan fingerprint density at radius 1 is 1.25 bits per heavy atom. The zero-order chi connectivity index (χ0) is 14.9. The lowest BCUT2D eigenvalue weighted by molar-refractivity contribution is 0.0696. The fraction of sp³-hybridized carbons (Fsp3) is 0.0909. The molecule has 4 nitrogen and oxygen atoms in total. The van der Waals surface area contributed by atoms with Crippen molar-refractivity contribution in [1.82, 2.24) is 4.98 Å². The summed E-state index contributed by atoms with van der Waals surface area (Å²) in [5, 5.41) is 9.68. The Bertz CT molecular complexity index is 648. The number of halogens is 4. The number of aromatic nitrogens is 1. The highest BCUT2D eigenvalue weighted by Gasteiger charge is 2.21. The molecule has 106 valence electrons. The molecular formula is C11H5F4NO3S. The predicted octanol–water partition coefficient (Wildman–Crippen LogP) is 2.98. The quantitative estimate of drug-likeness (QED) is 0.697. The molecule has 20 heavy (non-hydrogen) atoms. The summed E-state index contributed by atoms with van der Waals surface area (Å²) < 4.78 is 57.0. The van der Waals surface area contributed by atoms with Crippen molar-refractivity contribution in [1.29, 1.82) is 0 Å². The molecule has 0 fully saturated rings. The molecule has 1 N–H and O–H groups in total. The summed E-state index contributed by atoms with van der Waals surface area (Å²) in [6, 6.07) is 0.0584. The number of thiazole rings is 1. The van der Waals surface area contributed by atoms with Gasteiger partial charge in [0.1, 0.15) is 6.61 Å². The number of benzene rings is 1. The lowest BCUT2D eigenvalue weighted by atomic mass is 10.3. The topological polar surface area (TPSA) is 59.4 Å². The summed E-state index contributed by atoms with van der Waals surface area (Å²) >= 11 is 0.781. The van der Waals surface area contributed by atoms with E-state index in [1.165, 1.54) is 5.38 Å². The van der Waals surface area contributed by atoms with Gasteiger partial charge in [0.25, 0.3) is 0 Å². The minimum absolute atomic E-state index is 0.0584. The van der Waals surface area contributed by atoms with Gasteiger partial charge in [-0.1, -0.05) is 0 Å². The van der Waals surface area contributed by atoms with Gasteiger partial charge >= 0.3 is 5.97 Å². The number of carbonyl (C=O) groups is 1. The van der Waals surface area contributed by atoms with E-state index in [-0.39, 0.29) is 16.8 Å². The van der Waals surface area contributed by atoms with Crippen LogP contribution in [-0.4, -0.2) is 16.1 Å². The van der Waals surface area contributed by atoms with Crippen LogP contribution in [-0.2, 0) is 6.61 Å². The van der Waals surface area contributed by atoms with Gasteiger partial charge in [0, 0.05) is 11.4 Å². The number of hydrogen-bond acceptors (Lipinski definition) is 4. The average Bonchev–Trinajstić information content (AvgIpc) is 2.85. The molecular weight excluding hydrogens is 302 g/mol. The Morgan fingerprint density at radius 2 is 1.85 bits per heavy atom. The van der Waals surface area contributed by atoms with Gasteiger partial charge in [0.2, 0.25) is 16.6 Å². The van der Waals surface area contributed by atoms with E-state index < -0.39 is 41.6 Å². The Hall–Kier alpha value is -2.16. The number of rotatable bonds is 4. The first-order valence-electron chi connectivity index (χ1n) is 5.03. The number of hydrogen-bond donors (Lipinski definition) is 1. The lowest BCUT2D eigenvalue weighted by Crippen LogP contribution is -2.04. The van der Waals surface area contributed by atoms with Gasteiger partial charge in [-0.3, -0.25) is 0 Å². The standard InChI is InChI=1S/C11H5F4NO3S/c12-5-1-6(13)8(15)9(7(5)14)19-2-4-3-20-10(16-4)11(17)18/h1,3H,2H2,(H,17,18). The molecule has 0 aliphatic carbocycles. The SMILES string of the molecule is O=C(O)c1nc(COc2c(F)c(F)cc(F)c2F)cs1. The molecule has 0 saturated carbocycles. The monoisotopic (exact) mass is 307 g/mol. The van der Waals surface area contributed by atoms with E-state index in [1.54, 1.807) is 0 Å². The number of carboxylic acid groups (broad SMARTS) is 1. The van der Waals surface area contributed by atoms with Crippen LogP contribution in [0.4, 0.5) is 17.6 Å². The van der Waals surface area contributed by atoms with E-state index in [4.69, 9.17) is 5.11 Å². The van der Waals surface area contributed by atoms with Crippen LogP contribution in [0.3, 0.4) is 0 Å². The molecule has 0 bridgehead atoms. The molecule has 1 heterocycles. The van der Waals surface area contributed by atoms with Crippen molar-refractivity contribution >= 4 is 17.3 Å². The zero-order valence-electron chi connectivity index (χ0n) is 9.49. The van der Waals surface area contributed by atoms with Crippen molar-refractivity contribution in [2.24, 2.45) is 0 Å². The van der Waals surface area contributed by atoms with E-state index in [0.717, 1.165) is 11.3 Å². The molecule has 9 heteroatoms. The second kappa shape index (κ2) is 5.45. The largest absolute Gasteiger partial charge is 0.481 e. The molecule has 2 aromatic rings. The lowest BCUT2D eigenvalue weighted by Gasteiger charge is -2.07. The van der Waals surface area contributed by atoms with Gasteiger partial charge < -0.3 is 9.84 Å². The van der Waals surface area contributed by atoms with Crippen molar-refractivity contribution < 1.29 is 32.2 Å². The third-order valence-electron chi connectivity index (χ3n) is 2.17. The third-order valence-corrected chi connectivity index (χ3v) is 3.05. The number of carboxylic acids is 1. The second-order valence-corrected chi connectivity index (χ2v) is 4.39. The molecule has 0 radical (unpaired) electrons. The van der Waals surface area contributed by atoms with Gasteiger partial charge in [0.05, 0.1) is 5.69 Å². The summed E-state index contributed by atoms with van der Waals surface area (Å²) in [6.45, 7) is -0.527. The first-order valence-corrected chi connectivity index (χ1v) is 5.91. The Balaban J connectivity index is 2.20. The first-order chi connectivity index (χ1) is 9.40. The maximum atomic E-state index is 13.3. The summed E-state index contributed by atoms with van der Waals surface area (Å²) in [5.41, 5.74) is 0.0656. The van der Waals surface area contributed by atoms with E-state index in [1.807, 2.05) is 0 Å². The van der Waals surface area contributed by atoms with Crippen LogP contribution in [0, 0.1) is 23.3 Å². The Kier molecular flexibility index (Phi) is 3.89. The molecule has 0 amide bonds. The van der Waals surface area contributed by atoms with Crippen molar-refractivity contribution in [3.05, 3.63) is 45.4 Å². The van der Waals surface area contributed by atoms with Crippen LogP contribution in [0.2, 0.25) is 0 Å². The minimum Gasteiger partial charge on any atom is -0.481 e. The van der Waals surface area contributed by atoms with Crippen LogP contribution in [0.15, 0.2) is 11.4 Å². The molecule has 0 aliphatic heterocycles. The number of ether oxygens (including phenoxy) is 1. The molecule has 0 atom stereocenters. The van der Waals surface area contributed by atoms with Gasteiger partial charge in [-0.15, -0.1) is 11.3 Å². The van der Waals surface area contributed by atoms with Crippen molar-refractivity contribution in [2.45, 2.75) is 6.61 Å². The van der Waals surface area contributed by atoms with E-state index in [2.05, 4.69) is 9.72 Å². The zero-order valence-corrected chi connectivity index (χ0v) is 10.3.